The SMILES string of the molecule is O=C1CCN(c2ccccc2C(=O)NCCN2Cc3ccccc3O[C@H](c3ccsc3)C2)C(=O)N1. The van der Waals surface area contributed by atoms with Gasteiger partial charge in [0.1, 0.15) is 11.9 Å². The van der Waals surface area contributed by atoms with Crippen LogP contribution in [0.25, 0.3) is 0 Å². The Labute approximate surface area is 207 Å². The third kappa shape index (κ3) is 5.21. The van der Waals surface area contributed by atoms with E-state index in [1.165, 1.54) is 4.90 Å². The normalized spacial score (nSPS) is 18.3. The molecule has 35 heavy (non-hydrogen) atoms. The van der Waals surface area contributed by atoms with Gasteiger partial charge in [0.15, 0.2) is 0 Å². The van der Waals surface area contributed by atoms with E-state index in [4.69, 9.17) is 4.74 Å². The molecule has 2 aromatic carbocycles. The average molecular weight is 491 g/mol. The zero-order valence-electron chi connectivity index (χ0n) is 19.1. The molecular formula is C26H26N4O4S. The number of ether oxygens (including phenoxy) is 1. The Morgan fingerprint density at radius 1 is 1.11 bits per heavy atom. The molecule has 1 fully saturated rings. The first-order valence-corrected chi connectivity index (χ1v) is 12.5. The molecule has 1 aromatic heterocycles. The first kappa shape index (κ1) is 23.1. The summed E-state index contributed by atoms with van der Waals surface area (Å²) in [5, 5.41) is 9.47. The van der Waals surface area contributed by atoms with Gasteiger partial charge in [0.2, 0.25) is 5.91 Å². The van der Waals surface area contributed by atoms with Gasteiger partial charge < -0.3 is 10.1 Å². The number of benzene rings is 2. The number of urea groups is 1. The molecule has 0 bridgehead atoms. The highest BCUT2D eigenvalue weighted by molar-refractivity contribution is 7.07. The summed E-state index contributed by atoms with van der Waals surface area (Å²) in [6.45, 7) is 2.76. The summed E-state index contributed by atoms with van der Waals surface area (Å²) in [7, 11) is 0. The van der Waals surface area contributed by atoms with Gasteiger partial charge in [-0.05, 0) is 35.0 Å². The molecule has 0 aliphatic carbocycles. The van der Waals surface area contributed by atoms with Crippen molar-refractivity contribution in [1.29, 1.82) is 0 Å². The lowest BCUT2D eigenvalue weighted by molar-refractivity contribution is -0.120. The van der Waals surface area contributed by atoms with Crippen LogP contribution in [0.15, 0.2) is 65.4 Å². The predicted molar refractivity (Wildman–Crippen MR) is 134 cm³/mol. The highest BCUT2D eigenvalue weighted by Crippen LogP contribution is 2.31. The predicted octanol–water partition coefficient (Wildman–Crippen LogP) is 3.56. The molecule has 5 rings (SSSR count). The molecule has 2 aliphatic heterocycles. The summed E-state index contributed by atoms with van der Waals surface area (Å²) in [5.41, 5.74) is 3.16. The molecule has 3 heterocycles. The Bertz CT molecular complexity index is 1230. The topological polar surface area (TPSA) is 91.0 Å². The van der Waals surface area contributed by atoms with E-state index in [-0.39, 0.29) is 30.9 Å². The van der Waals surface area contributed by atoms with Gasteiger partial charge in [0, 0.05) is 50.3 Å². The third-order valence-electron chi connectivity index (χ3n) is 6.18. The maximum atomic E-state index is 13.1. The van der Waals surface area contributed by atoms with Crippen LogP contribution < -0.4 is 20.3 Å². The van der Waals surface area contributed by atoms with Crippen LogP contribution in [0.1, 0.15) is 34.0 Å². The van der Waals surface area contributed by atoms with Crippen molar-refractivity contribution in [2.45, 2.75) is 19.1 Å². The molecule has 1 atom stereocenters. The molecule has 0 radical (unpaired) electrons. The standard InChI is InChI=1S/C26H26N4O4S/c31-24-9-12-30(26(33)28-24)21-7-3-2-6-20(21)25(32)27-11-13-29-15-18-5-1-4-8-22(18)34-23(16-29)19-10-14-35-17-19/h1-8,10,14,17,23H,9,11-13,15-16H2,(H,27,32)(H,28,31,33)/t23-/m0/s1. The summed E-state index contributed by atoms with van der Waals surface area (Å²) in [6.07, 6.45) is 0.118. The van der Waals surface area contributed by atoms with Crippen LogP contribution in [0.3, 0.4) is 0 Å². The van der Waals surface area contributed by atoms with E-state index in [2.05, 4.69) is 38.4 Å². The highest BCUT2D eigenvalue weighted by Gasteiger charge is 2.28. The zero-order chi connectivity index (χ0) is 24.2. The van der Waals surface area contributed by atoms with E-state index in [1.807, 2.05) is 18.2 Å². The first-order valence-electron chi connectivity index (χ1n) is 11.6. The second-order valence-corrected chi connectivity index (χ2v) is 9.31. The van der Waals surface area contributed by atoms with E-state index in [0.29, 0.717) is 30.9 Å². The lowest BCUT2D eigenvalue weighted by atomic mass is 10.1. The van der Waals surface area contributed by atoms with E-state index < -0.39 is 6.03 Å². The van der Waals surface area contributed by atoms with Crippen molar-refractivity contribution in [1.82, 2.24) is 15.5 Å². The van der Waals surface area contributed by atoms with Crippen molar-refractivity contribution >= 4 is 34.9 Å². The quantitative estimate of drug-likeness (QED) is 0.552. The fourth-order valence-electron chi connectivity index (χ4n) is 4.40. The molecule has 180 valence electrons. The monoisotopic (exact) mass is 490 g/mol. The first-order chi connectivity index (χ1) is 17.1. The maximum Gasteiger partial charge on any atom is 0.328 e. The Kier molecular flexibility index (Phi) is 6.78. The summed E-state index contributed by atoms with van der Waals surface area (Å²) >= 11 is 1.65. The van der Waals surface area contributed by atoms with E-state index >= 15 is 0 Å². The zero-order valence-corrected chi connectivity index (χ0v) is 19.9. The van der Waals surface area contributed by atoms with Crippen LogP contribution in [-0.2, 0) is 11.3 Å². The average Bonchev–Trinajstić information content (AvgIpc) is 3.33. The molecule has 8 nitrogen and oxygen atoms in total. The summed E-state index contributed by atoms with van der Waals surface area (Å²) in [4.78, 5) is 40.6. The Hall–Kier alpha value is -3.69. The lowest BCUT2D eigenvalue weighted by Crippen LogP contribution is -2.50. The Balaban J connectivity index is 1.26. The number of nitrogens with one attached hydrogen (secondary N) is 2. The number of hydrogen-bond donors (Lipinski definition) is 2. The van der Waals surface area contributed by atoms with Crippen molar-refractivity contribution in [3.05, 3.63) is 82.0 Å². The molecule has 2 aliphatic rings. The largest absolute Gasteiger partial charge is 0.484 e. The molecular weight excluding hydrogens is 464 g/mol. The third-order valence-corrected chi connectivity index (χ3v) is 6.88. The molecule has 0 spiro atoms. The number of carbonyl (C=O) groups excluding carboxylic acids is 3. The van der Waals surface area contributed by atoms with Crippen LogP contribution in [0, 0.1) is 0 Å². The van der Waals surface area contributed by atoms with Crippen LogP contribution in [0.5, 0.6) is 5.75 Å². The van der Waals surface area contributed by atoms with Gasteiger partial charge >= 0.3 is 6.03 Å². The summed E-state index contributed by atoms with van der Waals surface area (Å²) in [5.74, 6) is 0.325. The van der Waals surface area contributed by atoms with Gasteiger partial charge in [-0.3, -0.25) is 24.7 Å². The van der Waals surface area contributed by atoms with Crippen molar-refractivity contribution in [3.8, 4) is 5.75 Å². The van der Waals surface area contributed by atoms with Gasteiger partial charge in [-0.2, -0.15) is 11.3 Å². The second-order valence-electron chi connectivity index (χ2n) is 8.53. The number of anilines is 1. The number of rotatable bonds is 6. The molecule has 0 saturated carbocycles. The van der Waals surface area contributed by atoms with Crippen LogP contribution in [0.4, 0.5) is 10.5 Å². The van der Waals surface area contributed by atoms with E-state index in [0.717, 1.165) is 23.4 Å². The number of fused-ring (bicyclic) bond motifs is 1. The number of thiophene rings is 1. The number of hydrogen-bond acceptors (Lipinski definition) is 6. The molecule has 4 amide bonds. The summed E-state index contributed by atoms with van der Waals surface area (Å²) < 4.78 is 6.34. The minimum absolute atomic E-state index is 0.0818. The fourth-order valence-corrected chi connectivity index (χ4v) is 5.10. The fraction of sp³-hybridized carbons (Fsp3) is 0.269. The van der Waals surface area contributed by atoms with Crippen LogP contribution >= 0.6 is 11.3 Å². The number of nitrogens with zero attached hydrogens (tertiary/aromatic N) is 2. The number of amides is 4. The summed E-state index contributed by atoms with van der Waals surface area (Å²) in [6, 6.07) is 16.6. The number of carbonyl (C=O) groups is 3. The Morgan fingerprint density at radius 3 is 2.77 bits per heavy atom. The van der Waals surface area contributed by atoms with Gasteiger partial charge in [-0.15, -0.1) is 0 Å². The van der Waals surface area contributed by atoms with Gasteiger partial charge in [-0.1, -0.05) is 30.3 Å². The van der Waals surface area contributed by atoms with Crippen molar-refractivity contribution < 1.29 is 19.1 Å². The smallest absolute Gasteiger partial charge is 0.328 e. The molecule has 3 aromatic rings. The van der Waals surface area contributed by atoms with E-state index in [9.17, 15) is 14.4 Å². The molecule has 1 saturated heterocycles. The lowest BCUT2D eigenvalue weighted by Gasteiger charge is -2.28. The highest BCUT2D eigenvalue weighted by atomic mass is 32.1. The van der Waals surface area contributed by atoms with Crippen LogP contribution in [-0.4, -0.2) is 48.9 Å². The van der Waals surface area contributed by atoms with Gasteiger partial charge in [-0.25, -0.2) is 4.79 Å². The van der Waals surface area contributed by atoms with Crippen molar-refractivity contribution in [2.75, 3.05) is 31.1 Å². The number of para-hydroxylation sites is 2. The minimum atomic E-state index is -0.510. The Morgan fingerprint density at radius 2 is 1.94 bits per heavy atom. The molecule has 9 heteroatoms. The van der Waals surface area contributed by atoms with Crippen molar-refractivity contribution in [3.63, 3.8) is 0 Å². The van der Waals surface area contributed by atoms with E-state index in [1.54, 1.807) is 35.6 Å². The second kappa shape index (κ2) is 10.3. The van der Waals surface area contributed by atoms with Gasteiger partial charge in [0.25, 0.3) is 5.91 Å². The molecule has 0 unspecified atom stereocenters. The van der Waals surface area contributed by atoms with Crippen LogP contribution in [0.2, 0.25) is 0 Å². The maximum absolute atomic E-state index is 13.1. The minimum Gasteiger partial charge on any atom is -0.484 e. The molecule has 2 N–H and O–H groups in total. The van der Waals surface area contributed by atoms with Gasteiger partial charge in [0.05, 0.1) is 11.3 Å². The van der Waals surface area contributed by atoms with Crippen molar-refractivity contribution in [2.24, 2.45) is 0 Å². The number of imide groups is 1.